The molecule has 0 fully saturated rings. The quantitative estimate of drug-likeness (QED) is 0.268. The van der Waals surface area contributed by atoms with Gasteiger partial charge in [0.1, 0.15) is 41.3 Å². The van der Waals surface area contributed by atoms with E-state index in [9.17, 15) is 14.4 Å². The first-order valence-corrected chi connectivity index (χ1v) is 11.5. The van der Waals surface area contributed by atoms with E-state index in [-0.39, 0.29) is 22.8 Å². The maximum absolute atomic E-state index is 13.2. The number of nitrogens with zero attached hydrogens (tertiary/aromatic N) is 1. The summed E-state index contributed by atoms with van der Waals surface area (Å²) in [6.07, 6.45) is 0. The van der Waals surface area contributed by atoms with Crippen LogP contribution in [-0.2, 0) is 6.61 Å². The van der Waals surface area contributed by atoms with E-state index in [0.717, 1.165) is 11.1 Å². The van der Waals surface area contributed by atoms with Crippen LogP contribution in [0.2, 0.25) is 0 Å². The smallest absolute Gasteiger partial charge is 0.343 e. The Labute approximate surface area is 212 Å². The van der Waals surface area contributed by atoms with E-state index in [1.807, 2.05) is 54.6 Å². The summed E-state index contributed by atoms with van der Waals surface area (Å²) in [4.78, 5) is 12.4. The number of ether oxygens (including phenoxy) is 3. The second kappa shape index (κ2) is 10.3. The minimum Gasteiger partial charge on any atom is -0.489 e. The summed E-state index contributed by atoms with van der Waals surface area (Å²) in [5.74, 6) is -0.292. The average Bonchev–Trinajstić information content (AvgIpc) is 2.92. The van der Waals surface area contributed by atoms with E-state index in [4.69, 9.17) is 19.9 Å². The van der Waals surface area contributed by atoms with Crippen molar-refractivity contribution in [1.29, 1.82) is 5.26 Å². The van der Waals surface area contributed by atoms with Gasteiger partial charge in [-0.25, -0.2) is 9.18 Å². The number of halogens is 1. The molecule has 4 aromatic rings. The highest BCUT2D eigenvalue weighted by atomic mass is 19.1. The lowest BCUT2D eigenvalue weighted by atomic mass is 9.83. The predicted molar refractivity (Wildman–Crippen MR) is 134 cm³/mol. The molecule has 0 aliphatic carbocycles. The fourth-order valence-electron chi connectivity index (χ4n) is 4.09. The van der Waals surface area contributed by atoms with Gasteiger partial charge in [-0.3, -0.25) is 0 Å². The third-order valence-corrected chi connectivity index (χ3v) is 5.94. The Kier molecular flexibility index (Phi) is 6.56. The third-order valence-electron chi connectivity index (χ3n) is 5.94. The molecule has 182 valence electrons. The second-order valence-corrected chi connectivity index (χ2v) is 8.36. The lowest BCUT2D eigenvalue weighted by Crippen LogP contribution is -2.21. The molecule has 1 unspecified atom stereocenters. The normalized spacial score (nSPS) is 14.2. The van der Waals surface area contributed by atoms with Gasteiger partial charge >= 0.3 is 5.97 Å². The van der Waals surface area contributed by atoms with Crippen molar-refractivity contribution in [3.8, 4) is 23.3 Å². The van der Waals surface area contributed by atoms with Crippen LogP contribution < -0.4 is 19.9 Å². The van der Waals surface area contributed by atoms with Gasteiger partial charge in [-0.2, -0.15) is 5.26 Å². The van der Waals surface area contributed by atoms with Gasteiger partial charge in [0.25, 0.3) is 0 Å². The summed E-state index contributed by atoms with van der Waals surface area (Å²) in [7, 11) is 0. The van der Waals surface area contributed by atoms with Crippen LogP contribution in [-0.4, -0.2) is 5.97 Å². The van der Waals surface area contributed by atoms with Crippen molar-refractivity contribution in [3.05, 3.63) is 137 Å². The number of hydrogen-bond donors (Lipinski definition) is 1. The maximum atomic E-state index is 13.2. The van der Waals surface area contributed by atoms with Crippen LogP contribution in [0.1, 0.15) is 33.0 Å². The molecule has 1 aliphatic heterocycles. The first kappa shape index (κ1) is 23.6. The molecule has 5 rings (SSSR count). The van der Waals surface area contributed by atoms with E-state index >= 15 is 0 Å². The number of benzene rings is 4. The molecule has 0 saturated carbocycles. The van der Waals surface area contributed by atoms with Crippen molar-refractivity contribution in [2.45, 2.75) is 12.5 Å². The Bertz CT molecular complexity index is 1510. The molecule has 7 heteroatoms. The zero-order chi connectivity index (χ0) is 25.8. The van der Waals surface area contributed by atoms with Crippen LogP contribution in [0.25, 0.3) is 0 Å². The van der Waals surface area contributed by atoms with Gasteiger partial charge < -0.3 is 19.9 Å². The molecule has 0 bridgehead atoms. The van der Waals surface area contributed by atoms with E-state index in [1.165, 1.54) is 24.3 Å². The van der Waals surface area contributed by atoms with Gasteiger partial charge in [-0.15, -0.1) is 0 Å². The summed E-state index contributed by atoms with van der Waals surface area (Å²) in [6, 6.07) is 29.4. The van der Waals surface area contributed by atoms with Crippen LogP contribution in [0.5, 0.6) is 17.2 Å². The molecule has 1 heterocycles. The molecule has 0 aromatic heterocycles. The van der Waals surface area contributed by atoms with Crippen molar-refractivity contribution in [2.75, 3.05) is 0 Å². The first-order valence-electron chi connectivity index (χ1n) is 11.5. The molecular formula is C30H21FN2O4. The van der Waals surface area contributed by atoms with Crippen molar-refractivity contribution < 1.29 is 23.4 Å². The van der Waals surface area contributed by atoms with Crippen LogP contribution in [0.15, 0.2) is 109 Å². The second-order valence-electron chi connectivity index (χ2n) is 8.36. The Hall–Kier alpha value is -5.09. The third kappa shape index (κ3) is 5.14. The van der Waals surface area contributed by atoms with Crippen molar-refractivity contribution in [2.24, 2.45) is 5.73 Å². The Morgan fingerprint density at radius 3 is 2.35 bits per heavy atom. The summed E-state index contributed by atoms with van der Waals surface area (Å²) in [6.45, 7) is 0.440. The molecule has 0 amide bonds. The Morgan fingerprint density at radius 1 is 0.946 bits per heavy atom. The van der Waals surface area contributed by atoms with Gasteiger partial charge in [0.15, 0.2) is 0 Å². The fraction of sp³-hybridized carbons (Fsp3) is 0.0667. The first-order chi connectivity index (χ1) is 18.0. The van der Waals surface area contributed by atoms with Gasteiger partial charge in [0.05, 0.1) is 11.5 Å². The van der Waals surface area contributed by atoms with Gasteiger partial charge in [0, 0.05) is 11.6 Å². The highest BCUT2D eigenvalue weighted by molar-refractivity contribution is 5.91. The van der Waals surface area contributed by atoms with E-state index < -0.39 is 17.7 Å². The molecule has 4 aromatic carbocycles. The zero-order valence-corrected chi connectivity index (χ0v) is 19.6. The minimum atomic E-state index is -0.639. The number of esters is 1. The fourth-order valence-corrected chi connectivity index (χ4v) is 4.09. The molecule has 37 heavy (non-hydrogen) atoms. The van der Waals surface area contributed by atoms with Crippen LogP contribution in [0, 0.1) is 17.1 Å². The maximum Gasteiger partial charge on any atom is 0.343 e. The molecule has 0 saturated heterocycles. The standard InChI is InChI=1S/C30H21FN2O4/c31-22-10-6-21(7-11-22)30(34)36-24-14-15-25-27(16-24)37-29(33)26(17-32)28(25)20-8-12-23(13-9-20)35-18-19-4-2-1-3-5-19/h1-16,28H,18,33H2. The van der Waals surface area contributed by atoms with E-state index in [2.05, 4.69) is 6.07 Å². The zero-order valence-electron chi connectivity index (χ0n) is 19.6. The molecular weight excluding hydrogens is 471 g/mol. The lowest BCUT2D eigenvalue weighted by molar-refractivity contribution is 0.0734. The van der Waals surface area contributed by atoms with Crippen molar-refractivity contribution in [3.63, 3.8) is 0 Å². The SMILES string of the molecule is N#CC1=C(N)Oc2cc(OC(=O)c3ccc(F)cc3)ccc2C1c1ccc(OCc2ccccc2)cc1. The number of nitrogens with two attached hydrogens (primary N) is 1. The Balaban J connectivity index is 1.38. The number of allylic oxidation sites excluding steroid dienone is 1. The van der Waals surface area contributed by atoms with Gasteiger partial charge in [0.2, 0.25) is 5.88 Å². The van der Waals surface area contributed by atoms with Crippen molar-refractivity contribution in [1.82, 2.24) is 0 Å². The number of nitriles is 1. The van der Waals surface area contributed by atoms with Crippen LogP contribution in [0.4, 0.5) is 4.39 Å². The van der Waals surface area contributed by atoms with Crippen LogP contribution in [0.3, 0.4) is 0 Å². The largest absolute Gasteiger partial charge is 0.489 e. The molecule has 1 aliphatic rings. The minimum absolute atomic E-state index is 0.0218. The summed E-state index contributed by atoms with van der Waals surface area (Å²) in [5, 5.41) is 9.81. The molecule has 2 N–H and O–H groups in total. The number of rotatable bonds is 6. The monoisotopic (exact) mass is 492 g/mol. The summed E-state index contributed by atoms with van der Waals surface area (Å²) < 4.78 is 30.2. The summed E-state index contributed by atoms with van der Waals surface area (Å²) in [5.41, 5.74) is 9.17. The summed E-state index contributed by atoms with van der Waals surface area (Å²) >= 11 is 0. The lowest BCUT2D eigenvalue weighted by Gasteiger charge is -2.26. The highest BCUT2D eigenvalue weighted by Crippen LogP contribution is 2.43. The Morgan fingerprint density at radius 2 is 1.65 bits per heavy atom. The molecule has 0 radical (unpaired) electrons. The van der Waals surface area contributed by atoms with E-state index in [0.29, 0.717) is 23.7 Å². The van der Waals surface area contributed by atoms with Gasteiger partial charge in [-0.1, -0.05) is 48.5 Å². The van der Waals surface area contributed by atoms with Gasteiger partial charge in [-0.05, 0) is 53.6 Å². The van der Waals surface area contributed by atoms with E-state index in [1.54, 1.807) is 18.2 Å². The number of carbonyl (C=O) groups excluding carboxylic acids is 1. The molecule has 1 atom stereocenters. The molecule has 6 nitrogen and oxygen atoms in total. The number of carbonyl (C=O) groups is 1. The molecule has 0 spiro atoms. The topological polar surface area (TPSA) is 94.6 Å². The number of fused-ring (bicyclic) bond motifs is 1. The number of hydrogen-bond acceptors (Lipinski definition) is 6. The van der Waals surface area contributed by atoms with Crippen molar-refractivity contribution >= 4 is 5.97 Å². The highest BCUT2D eigenvalue weighted by Gasteiger charge is 2.31. The van der Waals surface area contributed by atoms with Crippen LogP contribution >= 0.6 is 0 Å². The average molecular weight is 493 g/mol. The predicted octanol–water partition coefficient (Wildman–Crippen LogP) is 5.84.